The predicted molar refractivity (Wildman–Crippen MR) is 83.6 cm³/mol. The van der Waals surface area contributed by atoms with E-state index in [-0.39, 0.29) is 6.10 Å². The lowest BCUT2D eigenvalue weighted by atomic mass is 10.1. The molecule has 0 amide bonds. The molecule has 0 saturated heterocycles. The molecule has 2 heteroatoms. The highest BCUT2D eigenvalue weighted by Gasteiger charge is 1.99. The fraction of sp³-hybridized carbons (Fsp3) is 0.529. The Morgan fingerprint density at radius 1 is 1.26 bits per heavy atom. The van der Waals surface area contributed by atoms with Crippen molar-refractivity contribution in [3.63, 3.8) is 0 Å². The van der Waals surface area contributed by atoms with Gasteiger partial charge in [-0.05, 0) is 50.9 Å². The largest absolute Gasteiger partial charge is 0.491 e. The van der Waals surface area contributed by atoms with E-state index in [2.05, 4.69) is 44.3 Å². The lowest BCUT2D eigenvalue weighted by Crippen LogP contribution is -2.21. The van der Waals surface area contributed by atoms with E-state index >= 15 is 0 Å². The van der Waals surface area contributed by atoms with E-state index in [1.54, 1.807) is 0 Å². The van der Waals surface area contributed by atoms with Crippen LogP contribution in [-0.2, 0) is 0 Å². The summed E-state index contributed by atoms with van der Waals surface area (Å²) >= 11 is 0. The molecule has 0 aliphatic heterocycles. The molecule has 19 heavy (non-hydrogen) atoms. The van der Waals surface area contributed by atoms with E-state index in [1.165, 1.54) is 11.1 Å². The van der Waals surface area contributed by atoms with Crippen LogP contribution in [0.1, 0.15) is 40.2 Å². The fourth-order valence-corrected chi connectivity index (χ4v) is 1.84. The van der Waals surface area contributed by atoms with Gasteiger partial charge in [-0.2, -0.15) is 0 Å². The molecule has 1 rings (SSSR count). The van der Waals surface area contributed by atoms with E-state index in [4.69, 9.17) is 4.74 Å². The Hall–Kier alpha value is -1.28. The van der Waals surface area contributed by atoms with E-state index < -0.39 is 0 Å². The third-order valence-corrected chi connectivity index (χ3v) is 2.60. The second kappa shape index (κ2) is 8.00. The van der Waals surface area contributed by atoms with Gasteiger partial charge in [0.25, 0.3) is 0 Å². The first-order valence-electron chi connectivity index (χ1n) is 7.12. The van der Waals surface area contributed by atoms with Gasteiger partial charge < -0.3 is 10.1 Å². The topological polar surface area (TPSA) is 21.3 Å². The molecule has 0 aliphatic carbocycles. The number of benzene rings is 1. The normalized spacial score (nSPS) is 12.3. The minimum absolute atomic E-state index is 0.216. The highest BCUT2D eigenvalue weighted by atomic mass is 16.5. The van der Waals surface area contributed by atoms with Crippen LogP contribution in [0.4, 0.5) is 0 Å². The standard InChI is InChI=1S/C17H27NO/c1-13(2)11-18-12-15(5)9-16-7-6-8-17(10-16)19-14(3)4/h6-10,13-14,18H,11-12H2,1-5H3. The van der Waals surface area contributed by atoms with Crippen molar-refractivity contribution in [1.82, 2.24) is 5.32 Å². The van der Waals surface area contributed by atoms with Gasteiger partial charge in [0.1, 0.15) is 5.75 Å². The summed E-state index contributed by atoms with van der Waals surface area (Å²) in [6.07, 6.45) is 2.42. The van der Waals surface area contributed by atoms with Crippen LogP contribution < -0.4 is 10.1 Å². The first-order valence-corrected chi connectivity index (χ1v) is 7.12. The third kappa shape index (κ3) is 7.02. The van der Waals surface area contributed by atoms with Crippen LogP contribution in [0.25, 0.3) is 6.08 Å². The summed E-state index contributed by atoms with van der Waals surface area (Å²) in [6, 6.07) is 8.24. The first-order chi connectivity index (χ1) is 8.97. The maximum absolute atomic E-state index is 5.70. The summed E-state index contributed by atoms with van der Waals surface area (Å²) in [6.45, 7) is 12.7. The third-order valence-electron chi connectivity index (χ3n) is 2.60. The Kier molecular flexibility index (Phi) is 6.65. The summed E-state index contributed by atoms with van der Waals surface area (Å²) < 4.78 is 5.70. The summed E-state index contributed by atoms with van der Waals surface area (Å²) in [5, 5.41) is 3.45. The van der Waals surface area contributed by atoms with Crippen molar-refractivity contribution in [2.45, 2.75) is 40.7 Å². The number of hydrogen-bond donors (Lipinski definition) is 1. The summed E-state index contributed by atoms with van der Waals surface area (Å²) in [4.78, 5) is 0. The Morgan fingerprint density at radius 3 is 2.63 bits per heavy atom. The van der Waals surface area contributed by atoms with Crippen molar-refractivity contribution in [2.24, 2.45) is 5.92 Å². The molecular formula is C17H27NO. The first kappa shape index (κ1) is 15.8. The molecule has 1 N–H and O–H groups in total. The van der Waals surface area contributed by atoms with Crippen LogP contribution in [0.3, 0.4) is 0 Å². The Balaban J connectivity index is 2.59. The molecule has 0 heterocycles. The minimum atomic E-state index is 0.216. The Labute approximate surface area is 117 Å². The van der Waals surface area contributed by atoms with Crippen molar-refractivity contribution < 1.29 is 4.74 Å². The van der Waals surface area contributed by atoms with E-state index in [9.17, 15) is 0 Å². The summed E-state index contributed by atoms with van der Waals surface area (Å²) in [5.74, 6) is 1.63. The highest BCUT2D eigenvalue weighted by Crippen LogP contribution is 2.17. The van der Waals surface area contributed by atoms with Crippen LogP contribution in [0.5, 0.6) is 5.75 Å². The van der Waals surface area contributed by atoms with Crippen molar-refractivity contribution in [2.75, 3.05) is 13.1 Å². The predicted octanol–water partition coefficient (Wildman–Crippen LogP) is 4.12. The summed E-state index contributed by atoms with van der Waals surface area (Å²) in [7, 11) is 0. The van der Waals surface area contributed by atoms with Crippen LogP contribution in [0.2, 0.25) is 0 Å². The molecule has 1 aromatic carbocycles. The van der Waals surface area contributed by atoms with Gasteiger partial charge in [-0.1, -0.05) is 37.6 Å². The highest BCUT2D eigenvalue weighted by molar-refractivity contribution is 5.54. The molecule has 106 valence electrons. The van der Waals surface area contributed by atoms with E-state index in [1.807, 2.05) is 26.0 Å². The molecule has 0 unspecified atom stereocenters. The van der Waals surface area contributed by atoms with Gasteiger partial charge in [-0.3, -0.25) is 0 Å². The average molecular weight is 261 g/mol. The quantitative estimate of drug-likeness (QED) is 0.797. The molecule has 2 nitrogen and oxygen atoms in total. The van der Waals surface area contributed by atoms with E-state index in [0.29, 0.717) is 5.92 Å². The molecule has 0 aromatic heterocycles. The molecule has 0 saturated carbocycles. The fourth-order valence-electron chi connectivity index (χ4n) is 1.84. The van der Waals surface area contributed by atoms with Gasteiger partial charge in [0.2, 0.25) is 0 Å². The average Bonchev–Trinajstić information content (AvgIpc) is 2.27. The van der Waals surface area contributed by atoms with Crippen molar-refractivity contribution >= 4 is 6.08 Å². The maximum Gasteiger partial charge on any atom is 0.120 e. The van der Waals surface area contributed by atoms with Crippen molar-refractivity contribution in [3.8, 4) is 5.75 Å². The zero-order valence-electron chi connectivity index (χ0n) is 12.9. The number of nitrogens with one attached hydrogen (secondary N) is 1. The van der Waals surface area contributed by atoms with Crippen molar-refractivity contribution in [1.29, 1.82) is 0 Å². The van der Waals surface area contributed by atoms with Crippen LogP contribution >= 0.6 is 0 Å². The van der Waals surface area contributed by atoms with Gasteiger partial charge in [0.05, 0.1) is 6.10 Å². The molecule has 0 atom stereocenters. The lowest BCUT2D eigenvalue weighted by Gasteiger charge is -2.10. The van der Waals surface area contributed by atoms with Gasteiger partial charge in [0.15, 0.2) is 0 Å². The van der Waals surface area contributed by atoms with Gasteiger partial charge in [0, 0.05) is 6.54 Å². The molecular weight excluding hydrogens is 234 g/mol. The SMILES string of the molecule is CC(=Cc1cccc(OC(C)C)c1)CNCC(C)C. The lowest BCUT2D eigenvalue weighted by molar-refractivity contribution is 0.242. The van der Waals surface area contributed by atoms with Crippen LogP contribution in [-0.4, -0.2) is 19.2 Å². The second-order valence-corrected chi connectivity index (χ2v) is 5.75. The Bertz CT molecular complexity index is 407. The maximum atomic E-state index is 5.70. The number of rotatable bonds is 7. The molecule has 0 fully saturated rings. The number of ether oxygens (including phenoxy) is 1. The molecule has 0 spiro atoms. The van der Waals surface area contributed by atoms with Crippen LogP contribution in [0.15, 0.2) is 29.8 Å². The molecule has 1 aromatic rings. The van der Waals surface area contributed by atoms with Gasteiger partial charge >= 0.3 is 0 Å². The summed E-state index contributed by atoms with van der Waals surface area (Å²) in [5.41, 5.74) is 2.53. The zero-order valence-corrected chi connectivity index (χ0v) is 12.9. The smallest absolute Gasteiger partial charge is 0.120 e. The number of hydrogen-bond acceptors (Lipinski definition) is 2. The van der Waals surface area contributed by atoms with E-state index in [0.717, 1.165) is 18.8 Å². The molecule has 0 bridgehead atoms. The zero-order chi connectivity index (χ0) is 14.3. The molecule has 0 radical (unpaired) electrons. The van der Waals surface area contributed by atoms with Crippen molar-refractivity contribution in [3.05, 3.63) is 35.4 Å². The second-order valence-electron chi connectivity index (χ2n) is 5.75. The van der Waals surface area contributed by atoms with Gasteiger partial charge in [-0.25, -0.2) is 0 Å². The monoisotopic (exact) mass is 261 g/mol. The Morgan fingerprint density at radius 2 is 2.00 bits per heavy atom. The van der Waals surface area contributed by atoms with Crippen LogP contribution in [0, 0.1) is 5.92 Å². The van der Waals surface area contributed by atoms with Gasteiger partial charge in [-0.15, -0.1) is 0 Å². The molecule has 0 aliphatic rings. The minimum Gasteiger partial charge on any atom is -0.491 e.